The maximum atomic E-state index is 10.8. The van der Waals surface area contributed by atoms with E-state index in [9.17, 15) is 4.79 Å². The summed E-state index contributed by atoms with van der Waals surface area (Å²) in [5.41, 5.74) is 0. The zero-order valence-electron chi connectivity index (χ0n) is 6.21. The molecular weight excluding hydrogens is 130 g/mol. The van der Waals surface area contributed by atoms with Crippen molar-refractivity contribution in [3.8, 4) is 0 Å². The van der Waals surface area contributed by atoms with E-state index in [4.69, 9.17) is 5.11 Å². The molecule has 1 fully saturated rings. The van der Waals surface area contributed by atoms with Crippen LogP contribution in [0.25, 0.3) is 0 Å². The van der Waals surface area contributed by atoms with Gasteiger partial charge in [0.15, 0.2) is 0 Å². The smallest absolute Gasteiger partial charge is 0.248 e. The zero-order chi connectivity index (χ0) is 7.56. The van der Waals surface area contributed by atoms with E-state index < -0.39 is 0 Å². The molecular formula is C7H13NO2. The molecule has 1 rings (SSSR count). The van der Waals surface area contributed by atoms with Gasteiger partial charge in [-0.05, 0) is 12.3 Å². The minimum Gasteiger partial charge on any atom is -0.387 e. The van der Waals surface area contributed by atoms with Gasteiger partial charge in [0.25, 0.3) is 0 Å². The van der Waals surface area contributed by atoms with E-state index in [1.165, 1.54) is 0 Å². The van der Waals surface area contributed by atoms with Gasteiger partial charge in [0, 0.05) is 13.1 Å². The summed E-state index contributed by atoms with van der Waals surface area (Å²) >= 11 is 0. The molecule has 1 atom stereocenters. The Balaban J connectivity index is 2.37. The first-order valence-corrected chi connectivity index (χ1v) is 3.62. The lowest BCUT2D eigenvalue weighted by Gasteiger charge is -2.13. The van der Waals surface area contributed by atoms with E-state index in [2.05, 4.69) is 6.92 Å². The van der Waals surface area contributed by atoms with Crippen LogP contribution in [0.1, 0.15) is 13.3 Å². The summed E-state index contributed by atoms with van der Waals surface area (Å²) in [7, 11) is 0. The highest BCUT2D eigenvalue weighted by Crippen LogP contribution is 2.14. The van der Waals surface area contributed by atoms with Gasteiger partial charge in [-0.1, -0.05) is 6.92 Å². The van der Waals surface area contributed by atoms with Crippen LogP contribution in [0, 0.1) is 5.92 Å². The average molecular weight is 143 g/mol. The van der Waals surface area contributed by atoms with Gasteiger partial charge in [0.2, 0.25) is 5.91 Å². The van der Waals surface area contributed by atoms with E-state index in [0.717, 1.165) is 19.5 Å². The zero-order valence-corrected chi connectivity index (χ0v) is 6.21. The minimum absolute atomic E-state index is 0.135. The SMILES string of the molecule is CC1CCN(C(=O)CO)C1. The quantitative estimate of drug-likeness (QED) is 0.554. The molecule has 0 radical (unpaired) electrons. The molecule has 3 nitrogen and oxygen atoms in total. The van der Waals surface area contributed by atoms with Crippen LogP contribution in [0.15, 0.2) is 0 Å². The summed E-state index contributed by atoms with van der Waals surface area (Å²) in [6.07, 6.45) is 1.08. The third-order valence-corrected chi connectivity index (χ3v) is 1.91. The second-order valence-electron chi connectivity index (χ2n) is 2.89. The first-order valence-electron chi connectivity index (χ1n) is 3.62. The highest BCUT2D eigenvalue weighted by molar-refractivity contribution is 5.77. The summed E-state index contributed by atoms with van der Waals surface area (Å²) in [6, 6.07) is 0. The molecule has 0 saturated carbocycles. The number of carbonyl (C=O) groups is 1. The Morgan fingerprint density at radius 1 is 1.80 bits per heavy atom. The fourth-order valence-electron chi connectivity index (χ4n) is 1.26. The van der Waals surface area contributed by atoms with Crippen molar-refractivity contribution < 1.29 is 9.90 Å². The normalized spacial score (nSPS) is 25.4. The summed E-state index contributed by atoms with van der Waals surface area (Å²) in [4.78, 5) is 12.5. The third-order valence-electron chi connectivity index (χ3n) is 1.91. The molecule has 0 aromatic heterocycles. The predicted molar refractivity (Wildman–Crippen MR) is 37.4 cm³/mol. The van der Waals surface area contributed by atoms with Crippen LogP contribution in [0.3, 0.4) is 0 Å². The maximum absolute atomic E-state index is 10.8. The van der Waals surface area contributed by atoms with Crippen LogP contribution < -0.4 is 0 Å². The van der Waals surface area contributed by atoms with Gasteiger partial charge in [-0.15, -0.1) is 0 Å². The molecule has 58 valence electrons. The van der Waals surface area contributed by atoms with Crippen molar-refractivity contribution in [3.05, 3.63) is 0 Å². The molecule has 1 amide bonds. The van der Waals surface area contributed by atoms with Crippen molar-refractivity contribution in [1.29, 1.82) is 0 Å². The van der Waals surface area contributed by atoms with Crippen molar-refractivity contribution in [1.82, 2.24) is 4.90 Å². The van der Waals surface area contributed by atoms with Crippen LogP contribution in [0.5, 0.6) is 0 Å². The number of hydrogen-bond acceptors (Lipinski definition) is 2. The number of carbonyl (C=O) groups excluding carboxylic acids is 1. The maximum Gasteiger partial charge on any atom is 0.248 e. The van der Waals surface area contributed by atoms with Crippen LogP contribution in [0.2, 0.25) is 0 Å². The van der Waals surface area contributed by atoms with E-state index >= 15 is 0 Å². The fraction of sp³-hybridized carbons (Fsp3) is 0.857. The molecule has 1 N–H and O–H groups in total. The molecule has 10 heavy (non-hydrogen) atoms. The van der Waals surface area contributed by atoms with Crippen molar-refractivity contribution in [2.45, 2.75) is 13.3 Å². The molecule has 1 aliphatic heterocycles. The standard InChI is InChI=1S/C7H13NO2/c1-6-2-3-8(4-6)7(10)5-9/h6,9H,2-5H2,1H3. The van der Waals surface area contributed by atoms with Crippen LogP contribution in [-0.4, -0.2) is 35.6 Å². The molecule has 0 aliphatic carbocycles. The first-order chi connectivity index (χ1) is 4.74. The minimum atomic E-state index is -0.341. The van der Waals surface area contributed by atoms with Crippen molar-refractivity contribution in [3.63, 3.8) is 0 Å². The lowest BCUT2D eigenvalue weighted by Crippen LogP contribution is -2.30. The Bertz CT molecular complexity index is 136. The topological polar surface area (TPSA) is 40.5 Å². The van der Waals surface area contributed by atoms with Gasteiger partial charge in [0.1, 0.15) is 6.61 Å². The number of likely N-dealkylation sites (tertiary alicyclic amines) is 1. The highest BCUT2D eigenvalue weighted by atomic mass is 16.3. The summed E-state index contributed by atoms with van der Waals surface area (Å²) in [6.45, 7) is 3.41. The van der Waals surface area contributed by atoms with Crippen LogP contribution >= 0.6 is 0 Å². The molecule has 0 spiro atoms. The predicted octanol–water partition coefficient (Wildman–Crippen LogP) is -0.153. The molecule has 0 aromatic rings. The Labute approximate surface area is 60.6 Å². The van der Waals surface area contributed by atoms with E-state index in [1.807, 2.05) is 0 Å². The lowest BCUT2D eigenvalue weighted by molar-refractivity contribution is -0.133. The molecule has 1 saturated heterocycles. The largest absolute Gasteiger partial charge is 0.387 e. The molecule has 0 bridgehead atoms. The monoisotopic (exact) mass is 143 g/mol. The summed E-state index contributed by atoms with van der Waals surface area (Å²) in [5, 5.41) is 8.49. The average Bonchev–Trinajstić information content (AvgIpc) is 2.34. The molecule has 1 heterocycles. The van der Waals surface area contributed by atoms with Crippen LogP contribution in [0.4, 0.5) is 0 Å². The first kappa shape index (κ1) is 7.54. The van der Waals surface area contributed by atoms with Crippen LogP contribution in [-0.2, 0) is 4.79 Å². The Morgan fingerprint density at radius 2 is 2.50 bits per heavy atom. The van der Waals surface area contributed by atoms with Crippen molar-refractivity contribution in [2.75, 3.05) is 19.7 Å². The van der Waals surface area contributed by atoms with E-state index in [-0.39, 0.29) is 12.5 Å². The highest BCUT2D eigenvalue weighted by Gasteiger charge is 2.21. The molecule has 1 unspecified atom stereocenters. The van der Waals surface area contributed by atoms with Gasteiger partial charge >= 0.3 is 0 Å². The molecule has 3 heteroatoms. The number of nitrogens with zero attached hydrogens (tertiary/aromatic N) is 1. The lowest BCUT2D eigenvalue weighted by atomic mass is 10.2. The van der Waals surface area contributed by atoms with E-state index in [1.54, 1.807) is 4.90 Å². The fourth-order valence-corrected chi connectivity index (χ4v) is 1.26. The van der Waals surface area contributed by atoms with E-state index in [0.29, 0.717) is 5.92 Å². The van der Waals surface area contributed by atoms with Gasteiger partial charge in [-0.3, -0.25) is 4.79 Å². The van der Waals surface area contributed by atoms with Crippen molar-refractivity contribution >= 4 is 5.91 Å². The summed E-state index contributed by atoms with van der Waals surface area (Å²) < 4.78 is 0. The van der Waals surface area contributed by atoms with Gasteiger partial charge in [0.05, 0.1) is 0 Å². The van der Waals surface area contributed by atoms with Gasteiger partial charge < -0.3 is 10.0 Å². The summed E-state index contributed by atoms with van der Waals surface area (Å²) in [5.74, 6) is 0.472. The molecule has 0 aromatic carbocycles. The second-order valence-corrected chi connectivity index (χ2v) is 2.89. The number of aliphatic hydroxyl groups excluding tert-OH is 1. The van der Waals surface area contributed by atoms with Crippen molar-refractivity contribution in [2.24, 2.45) is 5.92 Å². The van der Waals surface area contributed by atoms with Gasteiger partial charge in [-0.25, -0.2) is 0 Å². The number of aliphatic hydroxyl groups is 1. The molecule has 1 aliphatic rings. The Kier molecular flexibility index (Phi) is 2.27. The Hall–Kier alpha value is -0.570. The third kappa shape index (κ3) is 1.48. The number of hydrogen-bond donors (Lipinski definition) is 1. The Morgan fingerprint density at radius 3 is 2.90 bits per heavy atom. The number of amides is 1. The second kappa shape index (κ2) is 3.01. The number of rotatable bonds is 1. The van der Waals surface area contributed by atoms with Gasteiger partial charge in [-0.2, -0.15) is 0 Å².